The van der Waals surface area contributed by atoms with E-state index in [1.54, 1.807) is 0 Å². The molecule has 0 N–H and O–H groups in total. The molecule has 0 saturated heterocycles. The average molecular weight is 148 g/mol. The van der Waals surface area contributed by atoms with Crippen LogP contribution < -0.4 is 0 Å². The smallest absolute Gasteiger partial charge is 0.135 e. The molecule has 0 saturated carbocycles. The first-order chi connectivity index (χ1) is 5.27. The summed E-state index contributed by atoms with van der Waals surface area (Å²) in [5.41, 5.74) is 1.38. The number of rotatable bonds is 0. The zero-order valence-corrected chi connectivity index (χ0v) is 6.91. The Morgan fingerprint density at radius 2 is 2.45 bits per heavy atom. The minimum Gasteiger partial charge on any atom is -0.336 e. The van der Waals surface area contributed by atoms with Gasteiger partial charge in [-0.2, -0.15) is 0 Å². The number of nitrogens with zero attached hydrogens (tertiary/aromatic N) is 2. The van der Waals surface area contributed by atoms with E-state index < -0.39 is 0 Å². The molecule has 1 aromatic heterocycles. The molecule has 0 aliphatic carbocycles. The normalized spacial score (nSPS) is 21.8. The van der Waals surface area contributed by atoms with E-state index in [0.29, 0.717) is 5.92 Å². The number of aliphatic imine (C=N–C) groups is 1. The molecule has 11 heavy (non-hydrogen) atoms. The molecule has 1 aromatic rings. The quantitative estimate of drug-likeness (QED) is 0.535. The van der Waals surface area contributed by atoms with Gasteiger partial charge in [-0.05, 0) is 24.0 Å². The van der Waals surface area contributed by atoms with Gasteiger partial charge in [0.15, 0.2) is 0 Å². The van der Waals surface area contributed by atoms with Gasteiger partial charge in [0.25, 0.3) is 0 Å². The second-order valence-electron chi connectivity index (χ2n) is 3.24. The first-order valence-electron chi connectivity index (χ1n) is 3.96. The summed E-state index contributed by atoms with van der Waals surface area (Å²) in [5, 5.41) is 0. The number of hydrogen-bond donors (Lipinski definition) is 0. The van der Waals surface area contributed by atoms with E-state index in [2.05, 4.69) is 28.7 Å². The second kappa shape index (κ2) is 2.22. The van der Waals surface area contributed by atoms with Crippen molar-refractivity contribution in [1.82, 2.24) is 4.57 Å². The summed E-state index contributed by atoms with van der Waals surface area (Å²) in [6, 6.07) is 2.16. The topological polar surface area (TPSA) is 17.3 Å². The second-order valence-corrected chi connectivity index (χ2v) is 3.24. The summed E-state index contributed by atoms with van der Waals surface area (Å²) in [4.78, 5) is 4.37. The minimum atomic E-state index is 0.602. The molecule has 2 heteroatoms. The van der Waals surface area contributed by atoms with Crippen molar-refractivity contribution in [3.8, 4) is 0 Å². The zero-order valence-electron chi connectivity index (χ0n) is 6.91. The van der Waals surface area contributed by atoms with E-state index in [0.717, 1.165) is 12.2 Å². The molecule has 2 nitrogen and oxygen atoms in total. The van der Waals surface area contributed by atoms with Crippen LogP contribution in [0.4, 0.5) is 5.82 Å². The lowest BCUT2D eigenvalue weighted by Gasteiger charge is -2.11. The lowest BCUT2D eigenvalue weighted by Crippen LogP contribution is -2.05. The number of aromatic nitrogens is 1. The van der Waals surface area contributed by atoms with Crippen LogP contribution in [0.2, 0.25) is 0 Å². The summed E-state index contributed by atoms with van der Waals surface area (Å²) in [6.07, 6.45) is 5.24. The van der Waals surface area contributed by atoms with Crippen molar-refractivity contribution >= 4 is 12.0 Å². The number of aryl methyl sites for hydroxylation is 1. The molecule has 0 amide bonds. The van der Waals surface area contributed by atoms with E-state index in [9.17, 15) is 0 Å². The largest absolute Gasteiger partial charge is 0.336 e. The van der Waals surface area contributed by atoms with Crippen LogP contribution >= 0.6 is 0 Å². The van der Waals surface area contributed by atoms with Gasteiger partial charge >= 0.3 is 0 Å². The van der Waals surface area contributed by atoms with Crippen molar-refractivity contribution in [2.24, 2.45) is 18.0 Å². The van der Waals surface area contributed by atoms with E-state index in [1.165, 1.54) is 5.56 Å². The molecule has 1 aliphatic heterocycles. The third kappa shape index (κ3) is 0.985. The third-order valence-electron chi connectivity index (χ3n) is 2.11. The Hall–Kier alpha value is -1.05. The van der Waals surface area contributed by atoms with Crippen LogP contribution in [0.5, 0.6) is 0 Å². The van der Waals surface area contributed by atoms with Crippen molar-refractivity contribution in [1.29, 1.82) is 0 Å². The zero-order chi connectivity index (χ0) is 7.84. The van der Waals surface area contributed by atoms with Gasteiger partial charge in [0.05, 0.1) is 0 Å². The molecule has 58 valence electrons. The van der Waals surface area contributed by atoms with Gasteiger partial charge in [-0.15, -0.1) is 0 Å². The lowest BCUT2D eigenvalue weighted by molar-refractivity contribution is 0.762. The highest BCUT2D eigenvalue weighted by Gasteiger charge is 2.12. The average Bonchev–Trinajstić information content (AvgIpc) is 2.32. The highest BCUT2D eigenvalue weighted by Crippen LogP contribution is 2.25. The van der Waals surface area contributed by atoms with Crippen molar-refractivity contribution in [2.45, 2.75) is 13.3 Å². The van der Waals surface area contributed by atoms with Gasteiger partial charge in [-0.1, -0.05) is 6.92 Å². The highest BCUT2D eigenvalue weighted by atomic mass is 15.0. The molecule has 1 aliphatic rings. The van der Waals surface area contributed by atoms with Crippen molar-refractivity contribution in [3.05, 3.63) is 17.8 Å². The maximum absolute atomic E-state index is 4.37. The first-order valence-corrected chi connectivity index (χ1v) is 3.96. The molecule has 1 atom stereocenters. The molecule has 2 heterocycles. The Morgan fingerprint density at radius 1 is 1.64 bits per heavy atom. The van der Waals surface area contributed by atoms with Crippen molar-refractivity contribution in [3.63, 3.8) is 0 Å². The van der Waals surface area contributed by atoms with Crippen LogP contribution in [0.15, 0.2) is 17.3 Å². The molecule has 1 unspecified atom stereocenters. The summed E-state index contributed by atoms with van der Waals surface area (Å²) < 4.78 is 2.07. The fraction of sp³-hybridized carbons (Fsp3) is 0.444. The Balaban J connectivity index is 2.48. The van der Waals surface area contributed by atoms with Crippen LogP contribution in [0.25, 0.3) is 0 Å². The Bertz CT molecular complexity index is 297. The first kappa shape index (κ1) is 6.65. The minimum absolute atomic E-state index is 0.602. The Morgan fingerprint density at radius 3 is 3.27 bits per heavy atom. The lowest BCUT2D eigenvalue weighted by atomic mass is 10.0. The molecule has 0 aromatic carbocycles. The van der Waals surface area contributed by atoms with Crippen LogP contribution in [-0.4, -0.2) is 10.8 Å². The maximum atomic E-state index is 4.37. The van der Waals surface area contributed by atoms with E-state index in [4.69, 9.17) is 0 Å². The predicted molar refractivity (Wildman–Crippen MR) is 46.4 cm³/mol. The van der Waals surface area contributed by atoms with Gasteiger partial charge in [-0.3, -0.25) is 0 Å². The summed E-state index contributed by atoms with van der Waals surface area (Å²) in [6.45, 7) is 2.19. The molecule has 0 radical (unpaired) electrons. The third-order valence-corrected chi connectivity index (χ3v) is 2.11. The molecule has 0 spiro atoms. The van der Waals surface area contributed by atoms with E-state index in [-0.39, 0.29) is 0 Å². The Kier molecular flexibility index (Phi) is 1.34. The van der Waals surface area contributed by atoms with Crippen molar-refractivity contribution < 1.29 is 0 Å². The van der Waals surface area contributed by atoms with E-state index >= 15 is 0 Å². The van der Waals surface area contributed by atoms with E-state index in [1.807, 2.05) is 13.3 Å². The van der Waals surface area contributed by atoms with Gasteiger partial charge in [0.1, 0.15) is 5.82 Å². The van der Waals surface area contributed by atoms with Crippen LogP contribution in [0, 0.1) is 5.92 Å². The highest BCUT2D eigenvalue weighted by molar-refractivity contribution is 5.69. The van der Waals surface area contributed by atoms with Gasteiger partial charge in [0, 0.05) is 19.5 Å². The molecular weight excluding hydrogens is 136 g/mol. The summed E-state index contributed by atoms with van der Waals surface area (Å²) in [7, 11) is 2.03. The fourth-order valence-electron chi connectivity index (χ4n) is 1.50. The van der Waals surface area contributed by atoms with Crippen LogP contribution in [0.1, 0.15) is 12.5 Å². The predicted octanol–water partition coefficient (Wildman–Crippen LogP) is 1.92. The number of fused-ring (bicyclic) bond motifs is 1. The van der Waals surface area contributed by atoms with Gasteiger partial charge < -0.3 is 4.57 Å². The monoisotopic (exact) mass is 148 g/mol. The van der Waals surface area contributed by atoms with Crippen LogP contribution in [0.3, 0.4) is 0 Å². The van der Waals surface area contributed by atoms with Gasteiger partial charge in [0.2, 0.25) is 0 Å². The van der Waals surface area contributed by atoms with Crippen LogP contribution in [-0.2, 0) is 13.5 Å². The standard InChI is InChI=1S/C9H12N2/c1-7-5-8-3-4-11(2)9(8)10-6-7/h3-4,6-7H,5H2,1-2H3. The maximum Gasteiger partial charge on any atom is 0.135 e. The molecule has 0 fully saturated rings. The Labute approximate surface area is 66.6 Å². The summed E-state index contributed by atoms with van der Waals surface area (Å²) >= 11 is 0. The summed E-state index contributed by atoms with van der Waals surface area (Å²) in [5.74, 6) is 1.73. The fourth-order valence-corrected chi connectivity index (χ4v) is 1.50. The number of hydrogen-bond acceptors (Lipinski definition) is 1. The van der Waals surface area contributed by atoms with Crippen molar-refractivity contribution in [2.75, 3.05) is 0 Å². The molecule has 2 rings (SSSR count). The SMILES string of the molecule is CC1C=Nc2c(ccn2C)C1. The molecule has 0 bridgehead atoms. The molecular formula is C9H12N2. The van der Waals surface area contributed by atoms with Gasteiger partial charge in [-0.25, -0.2) is 4.99 Å².